The minimum atomic E-state index is -0.574. The van der Waals surface area contributed by atoms with E-state index in [1.165, 1.54) is 12.3 Å². The molecule has 0 bridgehead atoms. The molecule has 0 radical (unpaired) electrons. The first-order valence-electron chi connectivity index (χ1n) is 6.08. The van der Waals surface area contributed by atoms with Crippen LogP contribution in [0.15, 0.2) is 42.6 Å². The molecular formula is C14H14N4O3. The Morgan fingerprint density at radius 1 is 1.24 bits per heavy atom. The van der Waals surface area contributed by atoms with Crippen LogP contribution in [0.5, 0.6) is 5.75 Å². The number of primary amides is 1. The van der Waals surface area contributed by atoms with Gasteiger partial charge < -0.3 is 21.5 Å². The van der Waals surface area contributed by atoms with Gasteiger partial charge in [-0.3, -0.25) is 9.59 Å². The van der Waals surface area contributed by atoms with Crippen LogP contribution in [0.2, 0.25) is 0 Å². The van der Waals surface area contributed by atoms with E-state index in [1.54, 1.807) is 30.3 Å². The van der Waals surface area contributed by atoms with Crippen molar-refractivity contribution in [2.45, 2.75) is 0 Å². The maximum absolute atomic E-state index is 12.0. The van der Waals surface area contributed by atoms with Gasteiger partial charge in [-0.05, 0) is 24.3 Å². The van der Waals surface area contributed by atoms with E-state index in [1.807, 2.05) is 0 Å². The number of hydrogen-bond donors (Lipinski definition) is 3. The van der Waals surface area contributed by atoms with Crippen LogP contribution in [0, 0.1) is 0 Å². The van der Waals surface area contributed by atoms with Crippen molar-refractivity contribution in [2.75, 3.05) is 17.7 Å². The van der Waals surface area contributed by atoms with E-state index in [9.17, 15) is 9.59 Å². The molecule has 0 aliphatic heterocycles. The van der Waals surface area contributed by atoms with Gasteiger partial charge >= 0.3 is 0 Å². The number of nitrogens with zero attached hydrogens (tertiary/aromatic N) is 1. The molecule has 21 heavy (non-hydrogen) atoms. The Morgan fingerprint density at radius 3 is 2.71 bits per heavy atom. The van der Waals surface area contributed by atoms with E-state index in [0.29, 0.717) is 17.1 Å². The lowest BCUT2D eigenvalue weighted by Gasteiger charge is -2.08. The lowest BCUT2D eigenvalue weighted by Crippen LogP contribution is -2.20. The molecular weight excluding hydrogens is 272 g/mol. The van der Waals surface area contributed by atoms with Crippen molar-refractivity contribution in [3.63, 3.8) is 0 Å². The fourth-order valence-electron chi connectivity index (χ4n) is 1.55. The minimum Gasteiger partial charge on any atom is -0.484 e. The monoisotopic (exact) mass is 286 g/mol. The molecule has 2 amide bonds. The van der Waals surface area contributed by atoms with Crippen LogP contribution in [0.3, 0.4) is 0 Å². The zero-order valence-electron chi connectivity index (χ0n) is 11.1. The summed E-state index contributed by atoms with van der Waals surface area (Å²) in [6.07, 6.45) is 1.40. The first-order valence-corrected chi connectivity index (χ1v) is 6.08. The van der Waals surface area contributed by atoms with E-state index in [0.717, 1.165) is 0 Å². The summed E-state index contributed by atoms with van der Waals surface area (Å²) < 4.78 is 5.15. The fraction of sp³-hybridized carbons (Fsp3) is 0.0714. The Balaban J connectivity index is 2.05. The number of nitrogen functional groups attached to an aromatic ring is 1. The van der Waals surface area contributed by atoms with Crippen molar-refractivity contribution < 1.29 is 14.3 Å². The van der Waals surface area contributed by atoms with Gasteiger partial charge in [0.15, 0.2) is 6.61 Å². The maximum Gasteiger partial charge on any atom is 0.274 e. The second-order valence-corrected chi connectivity index (χ2v) is 4.21. The average Bonchev–Trinajstić information content (AvgIpc) is 2.46. The third kappa shape index (κ3) is 4.20. The summed E-state index contributed by atoms with van der Waals surface area (Å²) in [6, 6.07) is 9.72. The lowest BCUT2D eigenvalue weighted by atomic mass is 10.2. The van der Waals surface area contributed by atoms with Gasteiger partial charge in [0.2, 0.25) is 0 Å². The number of rotatable bonds is 5. The Labute approximate surface area is 120 Å². The number of hydrogen-bond acceptors (Lipinski definition) is 5. The summed E-state index contributed by atoms with van der Waals surface area (Å²) in [5, 5.41) is 2.67. The average molecular weight is 286 g/mol. The molecule has 0 saturated heterocycles. The summed E-state index contributed by atoms with van der Waals surface area (Å²) >= 11 is 0. The number of nitrogens with one attached hydrogen (secondary N) is 1. The van der Waals surface area contributed by atoms with Gasteiger partial charge in [-0.25, -0.2) is 4.98 Å². The second-order valence-electron chi connectivity index (χ2n) is 4.21. The summed E-state index contributed by atoms with van der Waals surface area (Å²) in [5.41, 5.74) is 11.7. The summed E-state index contributed by atoms with van der Waals surface area (Å²) in [4.78, 5) is 26.6. The summed E-state index contributed by atoms with van der Waals surface area (Å²) in [6.45, 7) is -0.225. The van der Waals surface area contributed by atoms with Crippen molar-refractivity contribution in [1.29, 1.82) is 0 Å². The lowest BCUT2D eigenvalue weighted by molar-refractivity contribution is -0.119. The highest BCUT2D eigenvalue weighted by molar-refractivity contribution is 6.03. The summed E-state index contributed by atoms with van der Waals surface area (Å²) in [7, 11) is 0. The van der Waals surface area contributed by atoms with Crippen molar-refractivity contribution in [3.8, 4) is 5.75 Å². The van der Waals surface area contributed by atoms with Crippen LogP contribution in [-0.4, -0.2) is 23.4 Å². The van der Waals surface area contributed by atoms with Gasteiger partial charge in [-0.1, -0.05) is 6.07 Å². The molecule has 7 heteroatoms. The molecule has 0 aliphatic carbocycles. The SMILES string of the molecule is NC(=O)COc1cccc(NC(=O)c2ccc(N)cn2)c1. The number of carbonyl (C=O) groups is 2. The molecule has 0 saturated carbocycles. The molecule has 1 aromatic carbocycles. The minimum absolute atomic E-state index is 0.225. The number of pyridine rings is 1. The van der Waals surface area contributed by atoms with Crippen LogP contribution < -0.4 is 21.5 Å². The number of carbonyl (C=O) groups excluding carboxylic acids is 2. The van der Waals surface area contributed by atoms with Gasteiger partial charge in [0, 0.05) is 11.8 Å². The number of benzene rings is 1. The Hall–Kier alpha value is -3.09. The third-order valence-electron chi connectivity index (χ3n) is 2.49. The highest BCUT2D eigenvalue weighted by atomic mass is 16.5. The molecule has 2 rings (SSSR count). The van der Waals surface area contributed by atoms with Crippen molar-refractivity contribution >= 4 is 23.2 Å². The zero-order chi connectivity index (χ0) is 15.2. The number of ether oxygens (including phenoxy) is 1. The van der Waals surface area contributed by atoms with Gasteiger partial charge in [0.25, 0.3) is 11.8 Å². The van der Waals surface area contributed by atoms with E-state index in [-0.39, 0.29) is 18.2 Å². The standard InChI is InChI=1S/C14H14N4O3/c15-9-4-5-12(17-7-9)14(20)18-10-2-1-3-11(6-10)21-8-13(16)19/h1-7H,8,15H2,(H2,16,19)(H,18,20). The molecule has 0 atom stereocenters. The van der Waals surface area contributed by atoms with Crippen molar-refractivity contribution in [1.82, 2.24) is 4.98 Å². The van der Waals surface area contributed by atoms with Crippen LogP contribution >= 0.6 is 0 Å². The highest BCUT2D eigenvalue weighted by Gasteiger charge is 2.08. The molecule has 0 spiro atoms. The van der Waals surface area contributed by atoms with Crippen LogP contribution in [-0.2, 0) is 4.79 Å². The number of amides is 2. The Kier molecular flexibility index (Phi) is 4.35. The van der Waals surface area contributed by atoms with Gasteiger partial charge in [0.1, 0.15) is 11.4 Å². The smallest absolute Gasteiger partial charge is 0.274 e. The number of aromatic nitrogens is 1. The molecule has 5 N–H and O–H groups in total. The molecule has 108 valence electrons. The van der Waals surface area contributed by atoms with Gasteiger partial charge in [-0.15, -0.1) is 0 Å². The Bertz CT molecular complexity index is 656. The van der Waals surface area contributed by atoms with Gasteiger partial charge in [-0.2, -0.15) is 0 Å². The number of anilines is 2. The largest absolute Gasteiger partial charge is 0.484 e. The van der Waals surface area contributed by atoms with E-state index >= 15 is 0 Å². The summed E-state index contributed by atoms with van der Waals surface area (Å²) in [5.74, 6) is -0.519. The molecule has 1 aromatic heterocycles. The molecule has 2 aromatic rings. The highest BCUT2D eigenvalue weighted by Crippen LogP contribution is 2.18. The van der Waals surface area contributed by atoms with Crippen molar-refractivity contribution in [3.05, 3.63) is 48.3 Å². The van der Waals surface area contributed by atoms with Crippen molar-refractivity contribution in [2.24, 2.45) is 5.73 Å². The van der Waals surface area contributed by atoms with E-state index < -0.39 is 5.91 Å². The first kappa shape index (κ1) is 14.3. The van der Waals surface area contributed by atoms with Gasteiger partial charge in [0.05, 0.1) is 11.9 Å². The quantitative estimate of drug-likeness (QED) is 0.750. The van der Waals surface area contributed by atoms with E-state index in [4.69, 9.17) is 16.2 Å². The van der Waals surface area contributed by atoms with Crippen LogP contribution in [0.25, 0.3) is 0 Å². The molecule has 7 nitrogen and oxygen atoms in total. The topological polar surface area (TPSA) is 120 Å². The molecule has 0 fully saturated rings. The second kappa shape index (κ2) is 6.38. The molecule has 0 aliphatic rings. The number of nitrogens with two attached hydrogens (primary N) is 2. The predicted molar refractivity (Wildman–Crippen MR) is 77.7 cm³/mol. The maximum atomic E-state index is 12.0. The predicted octanol–water partition coefficient (Wildman–Crippen LogP) is 0.780. The molecule has 1 heterocycles. The van der Waals surface area contributed by atoms with Crippen LogP contribution in [0.1, 0.15) is 10.5 Å². The first-order chi connectivity index (χ1) is 10.0. The molecule has 0 unspecified atom stereocenters. The fourth-order valence-corrected chi connectivity index (χ4v) is 1.55. The van der Waals surface area contributed by atoms with Crippen LogP contribution in [0.4, 0.5) is 11.4 Å². The third-order valence-corrected chi connectivity index (χ3v) is 2.49. The Morgan fingerprint density at radius 2 is 2.05 bits per heavy atom. The van der Waals surface area contributed by atoms with E-state index in [2.05, 4.69) is 10.3 Å². The zero-order valence-corrected chi connectivity index (χ0v) is 11.1. The normalized spacial score (nSPS) is 9.90.